The second-order valence-corrected chi connectivity index (χ2v) is 9.12. The summed E-state index contributed by atoms with van der Waals surface area (Å²) in [4.78, 5) is 85.3. The van der Waals surface area contributed by atoms with Crippen LogP contribution in [0.1, 0.15) is 48.9 Å². The van der Waals surface area contributed by atoms with E-state index < -0.39 is 77.2 Å². The van der Waals surface area contributed by atoms with Crippen LogP contribution in [0.5, 0.6) is 5.75 Å². The molecule has 0 saturated heterocycles. The summed E-state index contributed by atoms with van der Waals surface area (Å²) in [5.74, 6) is -5.62. The van der Waals surface area contributed by atoms with E-state index in [9.17, 15) is 38.9 Å². The number of carbonyl (C=O) groups is 6. The lowest BCUT2D eigenvalue weighted by Crippen LogP contribution is -2.57. The molecule has 1 aromatic carbocycles. The van der Waals surface area contributed by atoms with Crippen LogP contribution in [0.15, 0.2) is 18.2 Å². The van der Waals surface area contributed by atoms with E-state index in [4.69, 9.17) is 21.3 Å². The van der Waals surface area contributed by atoms with Crippen LogP contribution >= 0.6 is 0 Å². The lowest BCUT2D eigenvalue weighted by Gasteiger charge is -2.26. The van der Waals surface area contributed by atoms with Crippen molar-refractivity contribution in [2.45, 2.75) is 56.7 Å². The van der Waals surface area contributed by atoms with Crippen molar-refractivity contribution < 1.29 is 43.5 Å². The highest BCUT2D eigenvalue weighted by molar-refractivity contribution is 6.01. The summed E-state index contributed by atoms with van der Waals surface area (Å²) >= 11 is 0. The number of non-ortho nitro benzene ring substituents is 1. The molecule has 0 bridgehead atoms. The van der Waals surface area contributed by atoms with Gasteiger partial charge in [-0.05, 0) is 38.3 Å². The Morgan fingerprint density at radius 3 is 2.39 bits per heavy atom. The molecular weight excluding hydrogens is 546 g/mol. The fraction of sp³-hybridized carbons (Fsp3) is 0.500. The SMILES string of the molecule is NCCCC[C@@H]1NC(=O)[C@H](CCC(=O)O)NC(=O)c2cc([N+](=O)[O-])ccc2OCC[C@@H](C(=O)NCC(N)=O)NC1=O. The zero-order valence-electron chi connectivity index (χ0n) is 22.1. The Morgan fingerprint density at radius 2 is 1.76 bits per heavy atom. The van der Waals surface area contributed by atoms with Crippen molar-refractivity contribution >= 4 is 41.2 Å². The number of nitrogens with zero attached hydrogens (tertiary/aromatic N) is 1. The molecule has 1 aliphatic rings. The second kappa shape index (κ2) is 15.7. The molecule has 0 fully saturated rings. The lowest BCUT2D eigenvalue weighted by atomic mass is 10.0. The molecule has 1 aliphatic heterocycles. The number of ether oxygens (including phenoxy) is 1. The normalized spacial score (nSPS) is 19.7. The Bertz CT molecular complexity index is 1180. The maximum absolute atomic E-state index is 13.2. The number of hydrogen-bond acceptors (Lipinski definition) is 10. The summed E-state index contributed by atoms with van der Waals surface area (Å²) in [7, 11) is 0. The molecule has 1 heterocycles. The summed E-state index contributed by atoms with van der Waals surface area (Å²) < 4.78 is 5.63. The molecule has 3 atom stereocenters. The number of amides is 5. The van der Waals surface area contributed by atoms with Crippen molar-refractivity contribution in [3.63, 3.8) is 0 Å². The quantitative estimate of drug-likeness (QED) is 0.0858. The van der Waals surface area contributed by atoms with Gasteiger partial charge in [0.25, 0.3) is 11.6 Å². The van der Waals surface area contributed by atoms with Gasteiger partial charge in [0.2, 0.25) is 23.6 Å². The Morgan fingerprint density at radius 1 is 1.07 bits per heavy atom. The smallest absolute Gasteiger partial charge is 0.303 e. The van der Waals surface area contributed by atoms with Gasteiger partial charge in [-0.3, -0.25) is 38.9 Å². The first-order chi connectivity index (χ1) is 19.4. The molecule has 0 saturated carbocycles. The van der Waals surface area contributed by atoms with Gasteiger partial charge in [0.1, 0.15) is 23.9 Å². The molecule has 224 valence electrons. The maximum atomic E-state index is 13.2. The third kappa shape index (κ3) is 10.4. The fourth-order valence-corrected chi connectivity index (χ4v) is 3.87. The van der Waals surface area contributed by atoms with Crippen LogP contribution in [0, 0.1) is 10.1 Å². The highest BCUT2D eigenvalue weighted by atomic mass is 16.6. The van der Waals surface area contributed by atoms with Gasteiger partial charge < -0.3 is 42.6 Å². The third-order valence-corrected chi connectivity index (χ3v) is 6.00. The molecular formula is C24H33N7O10. The number of nitrogens with two attached hydrogens (primary N) is 2. The van der Waals surface area contributed by atoms with Gasteiger partial charge in [0, 0.05) is 25.0 Å². The summed E-state index contributed by atoms with van der Waals surface area (Å²) in [6.07, 6.45) is -0.0603. The molecule has 41 heavy (non-hydrogen) atoms. The molecule has 1 aromatic rings. The van der Waals surface area contributed by atoms with Crippen LogP contribution in [0.25, 0.3) is 0 Å². The number of hydrogen-bond donors (Lipinski definition) is 7. The van der Waals surface area contributed by atoms with E-state index in [1.165, 1.54) is 0 Å². The van der Waals surface area contributed by atoms with Crippen molar-refractivity contribution in [1.82, 2.24) is 21.3 Å². The Balaban J connectivity index is 2.51. The van der Waals surface area contributed by atoms with Gasteiger partial charge >= 0.3 is 5.97 Å². The minimum absolute atomic E-state index is 0.0928. The molecule has 5 amide bonds. The molecule has 0 aliphatic carbocycles. The number of nitro groups is 1. The van der Waals surface area contributed by atoms with Crippen molar-refractivity contribution in [2.24, 2.45) is 11.5 Å². The van der Waals surface area contributed by atoms with E-state index in [0.29, 0.717) is 19.4 Å². The fourth-order valence-electron chi connectivity index (χ4n) is 3.87. The summed E-state index contributed by atoms with van der Waals surface area (Å²) in [6.45, 7) is -0.471. The van der Waals surface area contributed by atoms with Crippen LogP contribution in [-0.2, 0) is 24.0 Å². The van der Waals surface area contributed by atoms with Crippen LogP contribution in [0.4, 0.5) is 5.69 Å². The zero-order chi connectivity index (χ0) is 30.5. The van der Waals surface area contributed by atoms with Gasteiger partial charge in [-0.15, -0.1) is 0 Å². The number of aliphatic carboxylic acids is 1. The van der Waals surface area contributed by atoms with Crippen LogP contribution in [0.3, 0.4) is 0 Å². The average Bonchev–Trinajstić information content (AvgIpc) is 2.91. The van der Waals surface area contributed by atoms with Gasteiger partial charge in [0.05, 0.1) is 23.6 Å². The standard InChI is InChI=1S/C24H33N7O10/c25-9-2-1-3-15-23(37)30-17(22(36)27-12-19(26)32)8-10-41-18-6-4-13(31(39)40)11-14(18)21(35)28-16(24(38)29-15)5-7-20(33)34/h4,6,11,15-17H,1-3,5,7-10,12,25H2,(H2,26,32)(H,27,36)(H,28,35)(H,29,38)(H,30,37)(H,33,34)/t15-,16-,17-/m0/s1. The number of rotatable bonds is 11. The maximum Gasteiger partial charge on any atom is 0.303 e. The van der Waals surface area contributed by atoms with E-state index >= 15 is 0 Å². The first-order valence-electron chi connectivity index (χ1n) is 12.7. The Hall–Kier alpha value is -4.80. The third-order valence-electron chi connectivity index (χ3n) is 6.00. The molecule has 0 spiro atoms. The minimum Gasteiger partial charge on any atom is -0.493 e. The van der Waals surface area contributed by atoms with Crippen molar-refractivity contribution in [2.75, 3.05) is 19.7 Å². The van der Waals surface area contributed by atoms with Crippen LogP contribution in [-0.4, -0.2) is 83.4 Å². The average molecular weight is 580 g/mol. The molecule has 0 aromatic heterocycles. The van der Waals surface area contributed by atoms with Gasteiger partial charge in [0.15, 0.2) is 0 Å². The van der Waals surface area contributed by atoms with E-state index in [2.05, 4.69) is 21.3 Å². The monoisotopic (exact) mass is 579 g/mol. The van der Waals surface area contributed by atoms with Gasteiger partial charge in [-0.1, -0.05) is 0 Å². The molecule has 17 heteroatoms. The van der Waals surface area contributed by atoms with Crippen LogP contribution in [0.2, 0.25) is 0 Å². The van der Waals surface area contributed by atoms with Crippen LogP contribution < -0.4 is 37.5 Å². The molecule has 0 radical (unpaired) electrons. The van der Waals surface area contributed by atoms with Gasteiger partial charge in [-0.2, -0.15) is 0 Å². The largest absolute Gasteiger partial charge is 0.493 e. The number of nitro benzene ring substituents is 1. The topological polar surface area (TPSA) is 275 Å². The zero-order valence-corrected chi connectivity index (χ0v) is 22.1. The number of primary amides is 1. The number of carboxylic acid groups (broad SMARTS) is 1. The predicted octanol–water partition coefficient (Wildman–Crippen LogP) is -1.96. The summed E-state index contributed by atoms with van der Waals surface area (Å²) in [5.41, 5.74) is 9.85. The number of unbranched alkanes of at least 4 members (excludes halogenated alkanes) is 1. The second-order valence-electron chi connectivity index (χ2n) is 9.12. The van der Waals surface area contributed by atoms with Gasteiger partial charge in [-0.25, -0.2) is 0 Å². The first-order valence-corrected chi connectivity index (χ1v) is 12.7. The molecule has 2 rings (SSSR count). The first kappa shape index (κ1) is 32.4. The number of carbonyl (C=O) groups excluding carboxylic acids is 5. The molecule has 0 unspecified atom stereocenters. The van der Waals surface area contributed by atoms with E-state index in [0.717, 1.165) is 18.2 Å². The molecule has 17 nitrogen and oxygen atoms in total. The Labute approximate surface area is 233 Å². The van der Waals surface area contributed by atoms with E-state index in [1.54, 1.807) is 0 Å². The van der Waals surface area contributed by atoms with Crippen molar-refractivity contribution in [1.29, 1.82) is 0 Å². The highest BCUT2D eigenvalue weighted by Gasteiger charge is 2.31. The summed E-state index contributed by atoms with van der Waals surface area (Å²) in [5, 5.41) is 30.1. The minimum atomic E-state index is -1.45. The summed E-state index contributed by atoms with van der Waals surface area (Å²) in [6, 6.07) is -0.766. The lowest BCUT2D eigenvalue weighted by molar-refractivity contribution is -0.384. The van der Waals surface area contributed by atoms with E-state index in [1.807, 2.05) is 0 Å². The number of carboxylic acids is 1. The predicted molar refractivity (Wildman–Crippen MR) is 140 cm³/mol. The van der Waals surface area contributed by atoms with Crippen molar-refractivity contribution in [3.05, 3.63) is 33.9 Å². The highest BCUT2D eigenvalue weighted by Crippen LogP contribution is 2.25. The van der Waals surface area contributed by atoms with E-state index in [-0.39, 0.29) is 37.2 Å². The number of fused-ring (bicyclic) bond motifs is 1. The Kier molecular flexibility index (Phi) is 12.4. The number of nitrogens with one attached hydrogen (secondary N) is 4. The van der Waals surface area contributed by atoms with Crippen molar-refractivity contribution in [3.8, 4) is 5.75 Å². The molecule has 9 N–H and O–H groups in total. The number of benzene rings is 1.